The predicted octanol–water partition coefficient (Wildman–Crippen LogP) is 1.80. The van der Waals surface area contributed by atoms with Crippen molar-refractivity contribution >= 4 is 28.9 Å². The smallest absolute Gasteiger partial charge is 0.347 e. The highest BCUT2D eigenvalue weighted by molar-refractivity contribution is 7.13. The van der Waals surface area contributed by atoms with Crippen LogP contribution in [-0.4, -0.2) is 22.0 Å². The molecule has 8 heteroatoms. The molecule has 110 valence electrons. The molecule has 6 nitrogen and oxygen atoms in total. The molecule has 0 unspecified atom stereocenters. The number of hydrogen-bond donors (Lipinski definition) is 3. The van der Waals surface area contributed by atoms with Gasteiger partial charge in [-0.25, -0.2) is 14.2 Å². The zero-order chi connectivity index (χ0) is 15.6. The minimum Gasteiger partial charge on any atom is -0.477 e. The van der Waals surface area contributed by atoms with Crippen molar-refractivity contribution in [3.63, 3.8) is 0 Å². The second kappa shape index (κ2) is 5.88. The van der Waals surface area contributed by atoms with Crippen LogP contribution in [0.1, 0.15) is 30.7 Å². The molecule has 0 spiro atoms. The van der Waals surface area contributed by atoms with Gasteiger partial charge < -0.3 is 16.2 Å². The number of carbonyl (C=O) groups excluding carboxylic acids is 1. The quantitative estimate of drug-likeness (QED) is 0.747. The monoisotopic (exact) mass is 309 g/mol. The predicted molar refractivity (Wildman–Crippen MR) is 75.8 cm³/mol. The number of thiazole rings is 1. The average Bonchev–Trinajstić information content (AvgIpc) is 2.77. The van der Waals surface area contributed by atoms with Gasteiger partial charge in [0.15, 0.2) is 0 Å². The van der Waals surface area contributed by atoms with E-state index in [-0.39, 0.29) is 22.7 Å². The van der Waals surface area contributed by atoms with Crippen molar-refractivity contribution in [1.82, 2.24) is 10.3 Å². The highest BCUT2D eigenvalue weighted by Crippen LogP contribution is 2.18. The molecule has 1 heterocycles. The van der Waals surface area contributed by atoms with Gasteiger partial charge in [0, 0.05) is 5.69 Å². The molecule has 1 aromatic carbocycles. The van der Waals surface area contributed by atoms with Crippen LogP contribution in [0.25, 0.3) is 0 Å². The topological polar surface area (TPSA) is 105 Å². The normalized spacial score (nSPS) is 10.4. The van der Waals surface area contributed by atoms with E-state index in [0.717, 1.165) is 17.4 Å². The molecule has 0 bridgehead atoms. The summed E-state index contributed by atoms with van der Waals surface area (Å²) in [5.41, 5.74) is 5.89. The number of benzene rings is 1. The van der Waals surface area contributed by atoms with Crippen LogP contribution in [0, 0.1) is 12.7 Å². The summed E-state index contributed by atoms with van der Waals surface area (Å²) in [5, 5.41) is 11.8. The summed E-state index contributed by atoms with van der Waals surface area (Å²) in [6, 6.07) is 3.77. The number of hydrogen-bond acceptors (Lipinski definition) is 5. The van der Waals surface area contributed by atoms with Gasteiger partial charge in [0.2, 0.25) is 0 Å². The zero-order valence-electron chi connectivity index (χ0n) is 11.0. The number of nitrogen functional groups attached to an aromatic ring is 1. The molecule has 0 aliphatic rings. The summed E-state index contributed by atoms with van der Waals surface area (Å²) >= 11 is 0.972. The van der Waals surface area contributed by atoms with Crippen LogP contribution in [0.3, 0.4) is 0 Å². The molecule has 4 N–H and O–H groups in total. The Morgan fingerprint density at radius 2 is 2.19 bits per heavy atom. The molecule has 0 saturated carbocycles. The Bertz CT molecular complexity index is 715. The maximum absolute atomic E-state index is 13.6. The number of anilines is 1. The lowest BCUT2D eigenvalue weighted by Gasteiger charge is -2.05. The first kappa shape index (κ1) is 14.9. The van der Waals surface area contributed by atoms with Crippen LogP contribution in [0.4, 0.5) is 10.1 Å². The molecule has 0 radical (unpaired) electrons. The van der Waals surface area contributed by atoms with Crippen molar-refractivity contribution in [3.8, 4) is 0 Å². The third-order valence-electron chi connectivity index (χ3n) is 2.67. The number of carboxylic acid groups (broad SMARTS) is 1. The number of aromatic nitrogens is 1. The van der Waals surface area contributed by atoms with Crippen molar-refractivity contribution in [1.29, 1.82) is 0 Å². The van der Waals surface area contributed by atoms with Crippen LogP contribution >= 0.6 is 11.3 Å². The second-order valence-electron chi connectivity index (χ2n) is 4.25. The number of nitrogens with one attached hydrogen (secondary N) is 1. The molecule has 0 atom stereocenters. The number of amides is 1. The van der Waals surface area contributed by atoms with Gasteiger partial charge in [0.05, 0.1) is 17.8 Å². The van der Waals surface area contributed by atoms with Crippen LogP contribution in [-0.2, 0) is 6.54 Å². The van der Waals surface area contributed by atoms with E-state index in [0.29, 0.717) is 10.7 Å². The van der Waals surface area contributed by atoms with Crippen molar-refractivity contribution in [3.05, 3.63) is 45.2 Å². The van der Waals surface area contributed by atoms with Gasteiger partial charge in [-0.2, -0.15) is 0 Å². The molecule has 0 fully saturated rings. The molecule has 0 saturated heterocycles. The fourth-order valence-corrected chi connectivity index (χ4v) is 2.54. The number of aryl methyl sites for hydroxylation is 1. The van der Waals surface area contributed by atoms with E-state index in [9.17, 15) is 14.0 Å². The van der Waals surface area contributed by atoms with Gasteiger partial charge in [0.1, 0.15) is 15.7 Å². The van der Waals surface area contributed by atoms with E-state index in [1.54, 1.807) is 6.92 Å². The summed E-state index contributed by atoms with van der Waals surface area (Å²) in [6.45, 7) is 1.60. The van der Waals surface area contributed by atoms with Crippen LogP contribution in [0.2, 0.25) is 0 Å². The summed E-state index contributed by atoms with van der Waals surface area (Å²) in [7, 11) is 0. The fourth-order valence-electron chi connectivity index (χ4n) is 1.69. The van der Waals surface area contributed by atoms with Gasteiger partial charge in [0.25, 0.3) is 5.91 Å². The average molecular weight is 309 g/mol. The van der Waals surface area contributed by atoms with Crippen LogP contribution in [0.15, 0.2) is 18.2 Å². The number of halogens is 1. The lowest BCUT2D eigenvalue weighted by molar-refractivity contribution is 0.0701. The highest BCUT2D eigenvalue weighted by atomic mass is 32.1. The van der Waals surface area contributed by atoms with Crippen molar-refractivity contribution in [2.45, 2.75) is 13.5 Å². The molecular formula is C13H12FN3O3S. The second-order valence-corrected chi connectivity index (χ2v) is 5.33. The fraction of sp³-hybridized carbons (Fsp3) is 0.154. The molecule has 0 aliphatic carbocycles. The Labute approximate surface area is 123 Å². The Hall–Kier alpha value is -2.48. The first-order valence-electron chi connectivity index (χ1n) is 5.91. The number of rotatable bonds is 4. The number of nitrogens with zero attached hydrogens (tertiary/aromatic N) is 1. The van der Waals surface area contributed by atoms with Crippen molar-refractivity contribution in [2.75, 3.05) is 5.73 Å². The Kier molecular flexibility index (Phi) is 4.18. The van der Waals surface area contributed by atoms with E-state index in [2.05, 4.69) is 10.3 Å². The van der Waals surface area contributed by atoms with Gasteiger partial charge in [-0.05, 0) is 25.1 Å². The zero-order valence-corrected chi connectivity index (χ0v) is 11.8. The molecule has 21 heavy (non-hydrogen) atoms. The first-order valence-corrected chi connectivity index (χ1v) is 6.73. The minimum absolute atomic E-state index is 0.0292. The van der Waals surface area contributed by atoms with E-state index in [1.165, 1.54) is 12.1 Å². The number of carbonyl (C=O) groups is 2. The Balaban J connectivity index is 2.07. The Morgan fingerprint density at radius 3 is 2.76 bits per heavy atom. The molecule has 2 aromatic rings. The summed E-state index contributed by atoms with van der Waals surface area (Å²) in [4.78, 5) is 26.9. The third-order valence-corrected chi connectivity index (χ3v) is 3.82. The first-order chi connectivity index (χ1) is 9.88. The van der Waals surface area contributed by atoms with Crippen molar-refractivity contribution in [2.24, 2.45) is 0 Å². The molecule has 1 aromatic heterocycles. The standard InChI is InChI=1S/C13H12FN3O3S/c1-6-11(13(19)20)21-10(17-6)5-16-12(18)8-3-2-7(15)4-9(8)14/h2-4H,5,15H2,1H3,(H,16,18)(H,19,20). The van der Waals surface area contributed by atoms with Crippen molar-refractivity contribution < 1.29 is 19.1 Å². The molecular weight excluding hydrogens is 297 g/mol. The van der Waals surface area contributed by atoms with Gasteiger partial charge in [-0.15, -0.1) is 11.3 Å². The van der Waals surface area contributed by atoms with Gasteiger partial charge in [-0.1, -0.05) is 0 Å². The molecule has 0 aliphatic heterocycles. The summed E-state index contributed by atoms with van der Waals surface area (Å²) in [5.74, 6) is -2.39. The van der Waals surface area contributed by atoms with Gasteiger partial charge >= 0.3 is 5.97 Å². The van der Waals surface area contributed by atoms with E-state index in [4.69, 9.17) is 10.8 Å². The molecule has 1 amide bonds. The molecule has 2 rings (SSSR count). The maximum atomic E-state index is 13.6. The Morgan fingerprint density at radius 1 is 1.48 bits per heavy atom. The third kappa shape index (κ3) is 3.34. The lowest BCUT2D eigenvalue weighted by Crippen LogP contribution is -2.23. The summed E-state index contributed by atoms with van der Waals surface area (Å²) < 4.78 is 13.6. The van der Waals surface area contributed by atoms with Crippen LogP contribution in [0.5, 0.6) is 0 Å². The maximum Gasteiger partial charge on any atom is 0.347 e. The van der Waals surface area contributed by atoms with E-state index in [1.807, 2.05) is 0 Å². The van der Waals surface area contributed by atoms with E-state index < -0.39 is 17.7 Å². The number of carboxylic acids is 1. The van der Waals surface area contributed by atoms with Crippen LogP contribution < -0.4 is 11.1 Å². The SMILES string of the molecule is Cc1nc(CNC(=O)c2ccc(N)cc2F)sc1C(=O)O. The van der Waals surface area contributed by atoms with E-state index >= 15 is 0 Å². The summed E-state index contributed by atoms with van der Waals surface area (Å²) in [6.07, 6.45) is 0. The van der Waals surface area contributed by atoms with Gasteiger partial charge in [-0.3, -0.25) is 4.79 Å². The number of aromatic carboxylic acids is 1. The highest BCUT2D eigenvalue weighted by Gasteiger charge is 2.16. The number of nitrogens with two attached hydrogens (primary N) is 1. The minimum atomic E-state index is -1.06. The largest absolute Gasteiger partial charge is 0.477 e. The lowest BCUT2D eigenvalue weighted by atomic mass is 10.2.